The maximum absolute atomic E-state index is 12.8. The first-order valence-electron chi connectivity index (χ1n) is 27.5. The normalized spacial score (nSPS) is 12.7. The molecular formula is C59H104O5. The van der Waals surface area contributed by atoms with Gasteiger partial charge in [0.15, 0.2) is 6.10 Å². The number of ether oxygens (including phenoxy) is 3. The third-order valence-corrected chi connectivity index (χ3v) is 11.8. The van der Waals surface area contributed by atoms with Crippen LogP contribution in [0.1, 0.15) is 265 Å². The highest BCUT2D eigenvalue weighted by atomic mass is 16.6. The molecule has 0 bridgehead atoms. The minimum atomic E-state index is -0.564. The molecule has 0 N–H and O–H groups in total. The van der Waals surface area contributed by atoms with Crippen molar-refractivity contribution in [2.75, 3.05) is 19.8 Å². The van der Waals surface area contributed by atoms with Crippen molar-refractivity contribution in [3.05, 3.63) is 72.9 Å². The predicted octanol–water partition coefficient (Wildman–Crippen LogP) is 18.7. The van der Waals surface area contributed by atoms with Crippen LogP contribution in [0.2, 0.25) is 0 Å². The van der Waals surface area contributed by atoms with Crippen LogP contribution >= 0.6 is 0 Å². The van der Waals surface area contributed by atoms with E-state index in [9.17, 15) is 9.59 Å². The SMILES string of the molecule is CC/C=C\C/C=C\C/C=C\C/C=C\C/C=C\C/C=C\CCCOCC(COC(=O)CCCCCCCCCCCCCCCCC)OC(=O)CCCCCCCCCCCCCCC. The number of carbonyl (C=O) groups excluding carboxylic acids is 2. The van der Waals surface area contributed by atoms with Gasteiger partial charge in [0.1, 0.15) is 6.61 Å². The average Bonchev–Trinajstić information content (AvgIpc) is 3.30. The summed E-state index contributed by atoms with van der Waals surface area (Å²) in [6, 6.07) is 0. The lowest BCUT2D eigenvalue weighted by Gasteiger charge is -2.18. The number of rotatable bonds is 50. The molecule has 0 aliphatic rings. The Morgan fingerprint density at radius 3 is 1.06 bits per heavy atom. The van der Waals surface area contributed by atoms with E-state index in [1.165, 1.54) is 154 Å². The summed E-state index contributed by atoms with van der Waals surface area (Å²) < 4.78 is 17.4. The lowest BCUT2D eigenvalue weighted by molar-refractivity contribution is -0.163. The van der Waals surface area contributed by atoms with Crippen LogP contribution in [-0.2, 0) is 23.8 Å². The van der Waals surface area contributed by atoms with Crippen LogP contribution in [0.3, 0.4) is 0 Å². The van der Waals surface area contributed by atoms with E-state index in [1.807, 2.05) is 0 Å². The summed E-state index contributed by atoms with van der Waals surface area (Å²) in [5, 5.41) is 0. The van der Waals surface area contributed by atoms with Gasteiger partial charge in [-0.3, -0.25) is 9.59 Å². The summed E-state index contributed by atoms with van der Waals surface area (Å²) in [5.41, 5.74) is 0. The molecule has 0 heterocycles. The Hall–Kier alpha value is -2.66. The van der Waals surface area contributed by atoms with Crippen LogP contribution in [0.4, 0.5) is 0 Å². The predicted molar refractivity (Wildman–Crippen MR) is 279 cm³/mol. The second-order valence-corrected chi connectivity index (χ2v) is 18.1. The molecule has 5 heteroatoms. The Bertz CT molecular complexity index is 1150. The van der Waals surface area contributed by atoms with Gasteiger partial charge in [0.25, 0.3) is 0 Å². The highest BCUT2D eigenvalue weighted by molar-refractivity contribution is 5.70. The summed E-state index contributed by atoms with van der Waals surface area (Å²) in [6.45, 7) is 7.60. The van der Waals surface area contributed by atoms with Crippen molar-refractivity contribution in [3.63, 3.8) is 0 Å². The van der Waals surface area contributed by atoms with Crippen LogP contribution in [0, 0.1) is 0 Å². The molecule has 0 rings (SSSR count). The molecule has 0 aromatic carbocycles. The van der Waals surface area contributed by atoms with E-state index in [4.69, 9.17) is 14.2 Å². The van der Waals surface area contributed by atoms with Crippen molar-refractivity contribution in [2.45, 2.75) is 271 Å². The maximum atomic E-state index is 12.8. The molecule has 5 nitrogen and oxygen atoms in total. The number of esters is 2. The first-order valence-corrected chi connectivity index (χ1v) is 27.5. The first kappa shape index (κ1) is 61.3. The van der Waals surface area contributed by atoms with Crippen LogP contribution in [-0.4, -0.2) is 37.9 Å². The molecule has 0 fully saturated rings. The fourth-order valence-corrected chi connectivity index (χ4v) is 7.70. The highest BCUT2D eigenvalue weighted by Gasteiger charge is 2.17. The summed E-state index contributed by atoms with van der Waals surface area (Å²) in [7, 11) is 0. The molecule has 0 saturated heterocycles. The molecule has 0 aromatic heterocycles. The average molecular weight is 893 g/mol. The van der Waals surface area contributed by atoms with Crippen molar-refractivity contribution in [1.29, 1.82) is 0 Å². The molecule has 0 radical (unpaired) electrons. The van der Waals surface area contributed by atoms with Gasteiger partial charge in [-0.25, -0.2) is 0 Å². The first-order chi connectivity index (χ1) is 31.6. The van der Waals surface area contributed by atoms with Gasteiger partial charge in [0, 0.05) is 19.4 Å². The number of hydrogen-bond acceptors (Lipinski definition) is 5. The van der Waals surface area contributed by atoms with E-state index in [0.29, 0.717) is 19.4 Å². The van der Waals surface area contributed by atoms with E-state index in [0.717, 1.165) is 77.0 Å². The van der Waals surface area contributed by atoms with Gasteiger partial charge in [-0.05, 0) is 64.2 Å². The van der Waals surface area contributed by atoms with Gasteiger partial charge in [0.05, 0.1) is 6.61 Å². The Labute approximate surface area is 397 Å². The lowest BCUT2D eigenvalue weighted by atomic mass is 10.0. The van der Waals surface area contributed by atoms with E-state index in [-0.39, 0.29) is 25.2 Å². The molecule has 0 aliphatic carbocycles. The Morgan fingerprint density at radius 1 is 0.359 bits per heavy atom. The van der Waals surface area contributed by atoms with Gasteiger partial charge in [-0.1, -0.05) is 261 Å². The monoisotopic (exact) mass is 893 g/mol. The van der Waals surface area contributed by atoms with Gasteiger partial charge in [-0.2, -0.15) is 0 Å². The van der Waals surface area contributed by atoms with Gasteiger partial charge >= 0.3 is 11.9 Å². The van der Waals surface area contributed by atoms with Crippen LogP contribution < -0.4 is 0 Å². The summed E-state index contributed by atoms with van der Waals surface area (Å²) >= 11 is 0. The van der Waals surface area contributed by atoms with E-state index in [1.54, 1.807) is 0 Å². The zero-order chi connectivity index (χ0) is 46.3. The molecule has 1 atom stereocenters. The summed E-state index contributed by atoms with van der Waals surface area (Å²) in [6.07, 6.45) is 70.7. The van der Waals surface area contributed by atoms with Gasteiger partial charge in [-0.15, -0.1) is 0 Å². The smallest absolute Gasteiger partial charge is 0.306 e. The molecule has 0 spiro atoms. The fraction of sp³-hybridized carbons (Fsp3) is 0.763. The van der Waals surface area contributed by atoms with E-state index in [2.05, 4.69) is 93.7 Å². The Morgan fingerprint density at radius 2 is 0.688 bits per heavy atom. The van der Waals surface area contributed by atoms with Gasteiger partial charge < -0.3 is 14.2 Å². The largest absolute Gasteiger partial charge is 0.462 e. The number of unbranched alkanes of at least 4 members (excludes halogenated alkanes) is 27. The summed E-state index contributed by atoms with van der Waals surface area (Å²) in [4.78, 5) is 25.4. The number of allylic oxidation sites excluding steroid dienone is 12. The highest BCUT2D eigenvalue weighted by Crippen LogP contribution is 2.16. The van der Waals surface area contributed by atoms with E-state index >= 15 is 0 Å². The second kappa shape index (κ2) is 54.7. The Balaban J connectivity index is 4.34. The Kier molecular flexibility index (Phi) is 52.4. The molecule has 1 unspecified atom stereocenters. The molecular weight excluding hydrogens is 789 g/mol. The zero-order valence-electron chi connectivity index (χ0n) is 42.5. The zero-order valence-corrected chi connectivity index (χ0v) is 42.5. The quantitative estimate of drug-likeness (QED) is 0.0346. The van der Waals surface area contributed by atoms with E-state index < -0.39 is 6.10 Å². The van der Waals surface area contributed by atoms with Crippen molar-refractivity contribution in [3.8, 4) is 0 Å². The standard InChI is InChI=1S/C59H104O5/c1-4-7-10-13-16-19-22-25-27-28-29-30-31-33-36-39-42-45-48-51-54-62-55-57(64-59(61)53-50-47-44-41-38-34-24-21-18-15-12-9-6-3)56-63-58(60)52-49-46-43-40-37-35-32-26-23-20-17-14-11-8-5-2/h7,10,16,19,25,27,29-30,33,36,42,45,57H,4-6,8-9,11-15,17-18,20-24,26,28,31-32,34-35,37-41,43-44,46-56H2,1-3H3/b10-7-,19-16-,27-25-,30-29-,36-33-,45-42-. The van der Waals surface area contributed by atoms with Gasteiger partial charge in [0.2, 0.25) is 0 Å². The molecule has 0 amide bonds. The van der Waals surface area contributed by atoms with Crippen molar-refractivity contribution in [2.24, 2.45) is 0 Å². The van der Waals surface area contributed by atoms with Crippen LogP contribution in [0.5, 0.6) is 0 Å². The van der Waals surface area contributed by atoms with Crippen LogP contribution in [0.25, 0.3) is 0 Å². The molecule has 0 saturated carbocycles. The van der Waals surface area contributed by atoms with Crippen molar-refractivity contribution >= 4 is 11.9 Å². The molecule has 64 heavy (non-hydrogen) atoms. The maximum Gasteiger partial charge on any atom is 0.306 e. The molecule has 0 aromatic rings. The fourth-order valence-electron chi connectivity index (χ4n) is 7.70. The lowest BCUT2D eigenvalue weighted by Crippen LogP contribution is -2.30. The summed E-state index contributed by atoms with van der Waals surface area (Å²) in [5.74, 6) is -0.419. The number of hydrogen-bond donors (Lipinski definition) is 0. The number of carbonyl (C=O) groups is 2. The molecule has 370 valence electrons. The molecule has 0 aliphatic heterocycles. The van der Waals surface area contributed by atoms with Crippen molar-refractivity contribution in [1.82, 2.24) is 0 Å². The minimum absolute atomic E-state index is 0.0646. The van der Waals surface area contributed by atoms with Crippen molar-refractivity contribution < 1.29 is 23.8 Å². The van der Waals surface area contributed by atoms with Crippen LogP contribution in [0.15, 0.2) is 72.9 Å². The third-order valence-electron chi connectivity index (χ3n) is 11.8. The topological polar surface area (TPSA) is 61.8 Å². The third kappa shape index (κ3) is 52.0. The minimum Gasteiger partial charge on any atom is -0.462 e. The second-order valence-electron chi connectivity index (χ2n) is 18.1.